The highest BCUT2D eigenvalue weighted by molar-refractivity contribution is 5.66. The van der Waals surface area contributed by atoms with Crippen LogP contribution in [-0.2, 0) is 9.68 Å². The van der Waals surface area contributed by atoms with Gasteiger partial charge in [-0.05, 0) is 32.1 Å². The Hall–Kier alpha value is -1.39. The van der Waals surface area contributed by atoms with E-state index in [0.717, 1.165) is 38.5 Å². The van der Waals surface area contributed by atoms with Gasteiger partial charge in [0, 0.05) is 6.42 Å². The van der Waals surface area contributed by atoms with Crippen molar-refractivity contribution >= 4 is 5.97 Å². The molecule has 2 N–H and O–H groups in total. The first-order chi connectivity index (χ1) is 10.7. The maximum Gasteiger partial charge on any atom is 0.303 e. The SMILES string of the molecule is CCC(/C=C/C=CCC=CCCCCCCCC(=O)O)OO. The van der Waals surface area contributed by atoms with Gasteiger partial charge in [0.1, 0.15) is 6.10 Å². The monoisotopic (exact) mass is 310 g/mol. The van der Waals surface area contributed by atoms with E-state index in [0.29, 0.717) is 6.42 Å². The number of carboxylic acid groups (broad SMARTS) is 1. The third-order valence-electron chi connectivity index (χ3n) is 3.31. The first-order valence-corrected chi connectivity index (χ1v) is 8.21. The fraction of sp³-hybridized carbons (Fsp3) is 0.611. The molecule has 0 aliphatic heterocycles. The molecule has 0 spiro atoms. The van der Waals surface area contributed by atoms with Gasteiger partial charge in [0.25, 0.3) is 0 Å². The third kappa shape index (κ3) is 15.0. The number of allylic oxidation sites excluding steroid dienone is 5. The number of unbranched alkanes of at least 4 members (excludes halogenated alkanes) is 5. The lowest BCUT2D eigenvalue weighted by Crippen LogP contribution is -2.03. The zero-order valence-corrected chi connectivity index (χ0v) is 13.6. The zero-order chi connectivity index (χ0) is 16.5. The first kappa shape index (κ1) is 20.6. The van der Waals surface area contributed by atoms with Crippen molar-refractivity contribution < 1.29 is 20.0 Å². The van der Waals surface area contributed by atoms with E-state index in [2.05, 4.69) is 23.1 Å². The van der Waals surface area contributed by atoms with E-state index in [1.807, 2.05) is 25.2 Å². The molecule has 0 aromatic rings. The van der Waals surface area contributed by atoms with Crippen molar-refractivity contribution in [1.82, 2.24) is 0 Å². The summed E-state index contributed by atoms with van der Waals surface area (Å²) in [6.07, 6.45) is 20.1. The van der Waals surface area contributed by atoms with Crippen molar-refractivity contribution in [3.05, 3.63) is 36.5 Å². The lowest BCUT2D eigenvalue weighted by Gasteiger charge is -2.02. The van der Waals surface area contributed by atoms with Gasteiger partial charge in [0.05, 0.1) is 0 Å². The molecule has 0 saturated heterocycles. The van der Waals surface area contributed by atoms with E-state index >= 15 is 0 Å². The fourth-order valence-electron chi connectivity index (χ4n) is 1.95. The maximum atomic E-state index is 10.3. The lowest BCUT2D eigenvalue weighted by molar-refractivity contribution is -0.266. The lowest BCUT2D eigenvalue weighted by atomic mass is 10.1. The second kappa shape index (κ2) is 16.0. The Bertz CT molecular complexity index is 341. The first-order valence-electron chi connectivity index (χ1n) is 8.21. The molecule has 1 unspecified atom stereocenters. The van der Waals surface area contributed by atoms with Crippen LogP contribution in [0.3, 0.4) is 0 Å². The van der Waals surface area contributed by atoms with E-state index in [1.165, 1.54) is 12.8 Å². The Kier molecular flexibility index (Phi) is 15.0. The normalized spacial score (nSPS) is 13.5. The van der Waals surface area contributed by atoms with Gasteiger partial charge in [-0.3, -0.25) is 10.1 Å². The maximum absolute atomic E-state index is 10.3. The summed E-state index contributed by atoms with van der Waals surface area (Å²) in [5.74, 6) is -0.695. The average molecular weight is 310 g/mol. The highest BCUT2D eigenvalue weighted by Gasteiger charge is 1.97. The van der Waals surface area contributed by atoms with Crippen molar-refractivity contribution in [2.45, 2.75) is 70.8 Å². The predicted octanol–water partition coefficient (Wildman–Crippen LogP) is 5.13. The quantitative estimate of drug-likeness (QED) is 0.153. The largest absolute Gasteiger partial charge is 0.481 e. The van der Waals surface area contributed by atoms with Crippen LogP contribution in [0.25, 0.3) is 0 Å². The van der Waals surface area contributed by atoms with Gasteiger partial charge < -0.3 is 5.11 Å². The van der Waals surface area contributed by atoms with Crippen LogP contribution < -0.4 is 0 Å². The molecule has 0 aliphatic rings. The number of hydrogen-bond acceptors (Lipinski definition) is 3. The van der Waals surface area contributed by atoms with Crippen LogP contribution >= 0.6 is 0 Å². The minimum atomic E-state index is -0.695. The fourth-order valence-corrected chi connectivity index (χ4v) is 1.95. The van der Waals surface area contributed by atoms with Gasteiger partial charge in [-0.1, -0.05) is 62.6 Å². The van der Waals surface area contributed by atoms with E-state index in [1.54, 1.807) is 0 Å². The summed E-state index contributed by atoms with van der Waals surface area (Å²) in [7, 11) is 0. The topological polar surface area (TPSA) is 66.8 Å². The summed E-state index contributed by atoms with van der Waals surface area (Å²) in [6.45, 7) is 1.95. The Labute approximate surface area is 134 Å². The van der Waals surface area contributed by atoms with Crippen LogP contribution in [0.15, 0.2) is 36.5 Å². The molecule has 1 atom stereocenters. The summed E-state index contributed by atoms with van der Waals surface area (Å²) in [5.41, 5.74) is 0. The minimum absolute atomic E-state index is 0.226. The van der Waals surface area contributed by atoms with Gasteiger partial charge >= 0.3 is 5.97 Å². The molecule has 126 valence electrons. The molecule has 0 aromatic carbocycles. The molecule has 0 rings (SSSR count). The number of carbonyl (C=O) groups is 1. The molecule has 0 amide bonds. The van der Waals surface area contributed by atoms with Gasteiger partial charge in [-0.15, -0.1) is 0 Å². The molecule has 0 aromatic heterocycles. The molecule has 22 heavy (non-hydrogen) atoms. The highest BCUT2D eigenvalue weighted by Crippen LogP contribution is 2.07. The molecule has 0 radical (unpaired) electrons. The molecule has 0 saturated carbocycles. The Balaban J connectivity index is 3.42. The number of rotatable bonds is 14. The highest BCUT2D eigenvalue weighted by atomic mass is 17.1. The van der Waals surface area contributed by atoms with E-state index in [-0.39, 0.29) is 6.10 Å². The Morgan fingerprint density at radius 2 is 1.77 bits per heavy atom. The smallest absolute Gasteiger partial charge is 0.303 e. The Morgan fingerprint density at radius 3 is 2.45 bits per heavy atom. The molecule has 0 aliphatic carbocycles. The summed E-state index contributed by atoms with van der Waals surface area (Å²) < 4.78 is 0. The van der Waals surface area contributed by atoms with Crippen molar-refractivity contribution in [2.75, 3.05) is 0 Å². The zero-order valence-electron chi connectivity index (χ0n) is 13.6. The Morgan fingerprint density at radius 1 is 1.05 bits per heavy atom. The summed E-state index contributed by atoms with van der Waals surface area (Å²) in [5, 5.41) is 17.0. The standard InChI is InChI=1S/C18H30O4/c1-2-17(22-21)15-13-11-9-7-5-3-4-6-8-10-12-14-16-18(19)20/h3,5,9,11,13,15,17,21H,2,4,6-8,10,12,14,16H2,1H3,(H,19,20)/b5-3?,11-9?,15-13+. The number of aliphatic carboxylic acids is 1. The molecular formula is C18H30O4. The minimum Gasteiger partial charge on any atom is -0.481 e. The average Bonchev–Trinajstić information content (AvgIpc) is 2.51. The van der Waals surface area contributed by atoms with Crippen molar-refractivity contribution in [3.63, 3.8) is 0 Å². The number of carboxylic acids is 1. The molecule has 0 bridgehead atoms. The van der Waals surface area contributed by atoms with Gasteiger partial charge in [0.15, 0.2) is 0 Å². The van der Waals surface area contributed by atoms with Crippen molar-refractivity contribution in [2.24, 2.45) is 0 Å². The van der Waals surface area contributed by atoms with E-state index in [4.69, 9.17) is 10.4 Å². The van der Waals surface area contributed by atoms with Gasteiger partial charge in [-0.2, -0.15) is 0 Å². The van der Waals surface area contributed by atoms with Crippen molar-refractivity contribution in [1.29, 1.82) is 0 Å². The summed E-state index contributed by atoms with van der Waals surface area (Å²) in [6, 6.07) is 0. The van der Waals surface area contributed by atoms with Crippen LogP contribution in [0.2, 0.25) is 0 Å². The van der Waals surface area contributed by atoms with E-state index in [9.17, 15) is 4.79 Å². The van der Waals surface area contributed by atoms with Crippen LogP contribution in [0.4, 0.5) is 0 Å². The van der Waals surface area contributed by atoms with E-state index < -0.39 is 5.97 Å². The molecular weight excluding hydrogens is 280 g/mol. The van der Waals surface area contributed by atoms with Crippen LogP contribution in [0, 0.1) is 0 Å². The molecule has 0 heterocycles. The summed E-state index contributed by atoms with van der Waals surface area (Å²) >= 11 is 0. The molecule has 4 nitrogen and oxygen atoms in total. The van der Waals surface area contributed by atoms with Crippen LogP contribution in [-0.4, -0.2) is 22.4 Å². The molecule has 0 fully saturated rings. The molecule has 4 heteroatoms. The van der Waals surface area contributed by atoms with Gasteiger partial charge in [-0.25, -0.2) is 4.89 Å². The second-order valence-corrected chi connectivity index (χ2v) is 5.27. The predicted molar refractivity (Wildman–Crippen MR) is 89.8 cm³/mol. The number of hydrogen-bond donors (Lipinski definition) is 2. The van der Waals surface area contributed by atoms with Crippen LogP contribution in [0.1, 0.15) is 64.7 Å². The van der Waals surface area contributed by atoms with Crippen molar-refractivity contribution in [3.8, 4) is 0 Å². The van der Waals surface area contributed by atoms with Crippen LogP contribution in [0.5, 0.6) is 0 Å². The second-order valence-electron chi connectivity index (χ2n) is 5.27. The summed E-state index contributed by atoms with van der Waals surface area (Å²) in [4.78, 5) is 14.6. The van der Waals surface area contributed by atoms with Gasteiger partial charge in [0.2, 0.25) is 0 Å². The third-order valence-corrected chi connectivity index (χ3v) is 3.31.